The first-order chi connectivity index (χ1) is 32.0. The van der Waals surface area contributed by atoms with Crippen molar-refractivity contribution in [2.75, 3.05) is 13.2 Å². The van der Waals surface area contributed by atoms with Gasteiger partial charge in [-0.2, -0.15) is 0 Å². The molecule has 0 radical (unpaired) electrons. The van der Waals surface area contributed by atoms with Gasteiger partial charge >= 0.3 is 17.9 Å². The molecule has 6 nitrogen and oxygen atoms in total. The first-order valence-electron chi connectivity index (χ1n) is 28.8. The van der Waals surface area contributed by atoms with Crippen molar-refractivity contribution in [2.45, 2.75) is 322 Å². The van der Waals surface area contributed by atoms with E-state index in [0.29, 0.717) is 19.3 Å². The molecule has 6 heteroatoms. The first-order valence-corrected chi connectivity index (χ1v) is 28.8. The van der Waals surface area contributed by atoms with E-state index >= 15 is 0 Å². The molecule has 0 spiro atoms. The van der Waals surface area contributed by atoms with E-state index in [-0.39, 0.29) is 31.1 Å². The maximum atomic E-state index is 12.8. The fourth-order valence-electron chi connectivity index (χ4n) is 8.55. The van der Waals surface area contributed by atoms with Crippen LogP contribution in [0.2, 0.25) is 0 Å². The molecule has 0 aromatic rings. The molecule has 1 atom stereocenters. The van der Waals surface area contributed by atoms with E-state index in [4.69, 9.17) is 14.2 Å². The highest BCUT2D eigenvalue weighted by atomic mass is 16.6. The zero-order chi connectivity index (χ0) is 47.2. The van der Waals surface area contributed by atoms with Crippen LogP contribution >= 0.6 is 0 Å². The van der Waals surface area contributed by atoms with E-state index in [9.17, 15) is 14.4 Å². The Bertz CT molecular complexity index is 1050. The van der Waals surface area contributed by atoms with Gasteiger partial charge in [0.25, 0.3) is 0 Å². The standard InChI is InChI=1S/C59H110O6/c1-4-7-10-13-16-19-22-25-28-29-32-34-37-40-43-46-49-52-58(61)64-55-56(65-59(62)53-50-47-44-41-38-35-31-27-24-21-18-15-12-9-6-3)54-63-57(60)51-48-45-42-39-36-33-30-26-23-20-17-14-11-8-5-2/h21,24,26,30,56H,4-20,22-23,25,27-29,31-55H2,1-3H3/b24-21-,30-26-/t56-/m1/s1. The molecule has 0 bridgehead atoms. The molecule has 0 aromatic carbocycles. The summed E-state index contributed by atoms with van der Waals surface area (Å²) in [6.45, 7) is 6.66. The fourth-order valence-corrected chi connectivity index (χ4v) is 8.55. The third kappa shape index (κ3) is 52.7. The Kier molecular flexibility index (Phi) is 52.7. The van der Waals surface area contributed by atoms with Gasteiger partial charge in [0.1, 0.15) is 13.2 Å². The van der Waals surface area contributed by atoms with E-state index in [1.54, 1.807) is 0 Å². The number of hydrogen-bond donors (Lipinski definition) is 0. The normalized spacial score (nSPS) is 12.1. The van der Waals surface area contributed by atoms with Crippen LogP contribution in [0.1, 0.15) is 316 Å². The number of allylic oxidation sites excluding steroid dienone is 4. The minimum absolute atomic E-state index is 0.0712. The number of unbranched alkanes of at least 4 members (excludes halogenated alkanes) is 38. The van der Waals surface area contributed by atoms with Crippen LogP contribution in [0.5, 0.6) is 0 Å². The molecule has 0 fully saturated rings. The maximum absolute atomic E-state index is 12.8. The second kappa shape index (κ2) is 54.5. The highest BCUT2D eigenvalue weighted by Crippen LogP contribution is 2.16. The minimum Gasteiger partial charge on any atom is -0.462 e. The fraction of sp³-hybridized carbons (Fsp3) is 0.881. The zero-order valence-electron chi connectivity index (χ0n) is 43.8. The minimum atomic E-state index is -0.773. The van der Waals surface area contributed by atoms with E-state index < -0.39 is 6.10 Å². The van der Waals surface area contributed by atoms with Gasteiger partial charge in [-0.05, 0) is 70.6 Å². The molecule has 0 aliphatic rings. The third-order valence-electron chi connectivity index (χ3n) is 12.9. The van der Waals surface area contributed by atoms with Crippen molar-refractivity contribution in [1.29, 1.82) is 0 Å². The smallest absolute Gasteiger partial charge is 0.306 e. The van der Waals surface area contributed by atoms with Crippen LogP contribution in [-0.2, 0) is 28.6 Å². The average molecular weight is 916 g/mol. The predicted octanol–water partition coefficient (Wildman–Crippen LogP) is 19.1. The van der Waals surface area contributed by atoms with Gasteiger partial charge in [0.2, 0.25) is 0 Å². The molecule has 0 aliphatic heterocycles. The molecule has 0 saturated heterocycles. The Morgan fingerprint density at radius 1 is 0.292 bits per heavy atom. The van der Waals surface area contributed by atoms with Gasteiger partial charge in [-0.3, -0.25) is 14.4 Å². The lowest BCUT2D eigenvalue weighted by atomic mass is 10.0. The van der Waals surface area contributed by atoms with Crippen LogP contribution in [0.15, 0.2) is 24.3 Å². The van der Waals surface area contributed by atoms with Crippen molar-refractivity contribution >= 4 is 17.9 Å². The summed E-state index contributed by atoms with van der Waals surface area (Å²) in [7, 11) is 0. The summed E-state index contributed by atoms with van der Waals surface area (Å²) >= 11 is 0. The Morgan fingerprint density at radius 2 is 0.508 bits per heavy atom. The predicted molar refractivity (Wildman–Crippen MR) is 279 cm³/mol. The maximum Gasteiger partial charge on any atom is 0.306 e. The van der Waals surface area contributed by atoms with Crippen LogP contribution in [-0.4, -0.2) is 37.2 Å². The van der Waals surface area contributed by atoms with Crippen molar-refractivity contribution < 1.29 is 28.6 Å². The molecule has 0 N–H and O–H groups in total. The van der Waals surface area contributed by atoms with Crippen molar-refractivity contribution in [2.24, 2.45) is 0 Å². The Morgan fingerprint density at radius 3 is 0.785 bits per heavy atom. The summed E-state index contributed by atoms with van der Waals surface area (Å²) in [5, 5.41) is 0. The van der Waals surface area contributed by atoms with Crippen LogP contribution in [0, 0.1) is 0 Å². The number of hydrogen-bond acceptors (Lipinski definition) is 6. The number of carbonyl (C=O) groups is 3. The third-order valence-corrected chi connectivity index (χ3v) is 12.9. The van der Waals surface area contributed by atoms with E-state index in [1.807, 2.05) is 0 Å². The van der Waals surface area contributed by atoms with Crippen molar-refractivity contribution in [3.8, 4) is 0 Å². The van der Waals surface area contributed by atoms with E-state index in [2.05, 4.69) is 45.1 Å². The van der Waals surface area contributed by atoms with E-state index in [1.165, 1.54) is 212 Å². The molecule has 0 aromatic heterocycles. The highest BCUT2D eigenvalue weighted by Gasteiger charge is 2.19. The summed E-state index contributed by atoms with van der Waals surface area (Å²) < 4.78 is 16.9. The van der Waals surface area contributed by atoms with Crippen molar-refractivity contribution in [1.82, 2.24) is 0 Å². The molecule has 382 valence electrons. The van der Waals surface area contributed by atoms with Crippen LogP contribution in [0.3, 0.4) is 0 Å². The van der Waals surface area contributed by atoms with E-state index in [0.717, 1.165) is 64.2 Å². The average Bonchev–Trinajstić information content (AvgIpc) is 3.30. The Hall–Kier alpha value is -2.11. The lowest BCUT2D eigenvalue weighted by Gasteiger charge is -2.18. The van der Waals surface area contributed by atoms with Crippen molar-refractivity contribution in [3.05, 3.63) is 24.3 Å². The second-order valence-electron chi connectivity index (χ2n) is 19.6. The second-order valence-corrected chi connectivity index (χ2v) is 19.6. The Labute approximate surface area is 404 Å². The largest absolute Gasteiger partial charge is 0.462 e. The zero-order valence-corrected chi connectivity index (χ0v) is 43.8. The lowest BCUT2D eigenvalue weighted by molar-refractivity contribution is -0.167. The van der Waals surface area contributed by atoms with Crippen LogP contribution < -0.4 is 0 Å². The van der Waals surface area contributed by atoms with Crippen LogP contribution in [0.4, 0.5) is 0 Å². The molecule has 0 amide bonds. The van der Waals surface area contributed by atoms with Gasteiger partial charge < -0.3 is 14.2 Å². The molecule has 65 heavy (non-hydrogen) atoms. The molecule has 0 saturated carbocycles. The number of carbonyl (C=O) groups excluding carboxylic acids is 3. The monoisotopic (exact) mass is 915 g/mol. The quantitative estimate of drug-likeness (QED) is 0.0262. The van der Waals surface area contributed by atoms with Crippen molar-refractivity contribution in [3.63, 3.8) is 0 Å². The summed E-state index contributed by atoms with van der Waals surface area (Å²) in [5.74, 6) is -0.865. The number of esters is 3. The Balaban J connectivity index is 4.34. The molecular weight excluding hydrogens is 805 g/mol. The van der Waals surface area contributed by atoms with Gasteiger partial charge in [0.15, 0.2) is 6.10 Å². The SMILES string of the molecule is CCCCCC/C=C\CCCCCCCCCC(=O)O[C@H](COC(=O)CCCCCCC/C=C\CCCCCCCC)COC(=O)CCCCCCCCCCCCCCCCCCC. The lowest BCUT2D eigenvalue weighted by Crippen LogP contribution is -2.30. The highest BCUT2D eigenvalue weighted by molar-refractivity contribution is 5.71. The van der Waals surface area contributed by atoms with Crippen LogP contribution in [0.25, 0.3) is 0 Å². The summed E-state index contributed by atoms with van der Waals surface area (Å²) in [6, 6.07) is 0. The van der Waals surface area contributed by atoms with Gasteiger partial charge in [-0.25, -0.2) is 0 Å². The molecule has 0 aliphatic carbocycles. The topological polar surface area (TPSA) is 78.9 Å². The molecule has 0 heterocycles. The van der Waals surface area contributed by atoms with Gasteiger partial charge in [0, 0.05) is 19.3 Å². The molecule has 0 rings (SSSR count). The van der Waals surface area contributed by atoms with Gasteiger partial charge in [0.05, 0.1) is 0 Å². The summed E-state index contributed by atoms with van der Waals surface area (Å²) in [6.07, 6.45) is 63.0. The van der Waals surface area contributed by atoms with Gasteiger partial charge in [-0.1, -0.05) is 251 Å². The summed E-state index contributed by atoms with van der Waals surface area (Å²) in [4.78, 5) is 38.1. The molecule has 0 unspecified atom stereocenters. The summed E-state index contributed by atoms with van der Waals surface area (Å²) in [5.41, 5.74) is 0. The number of ether oxygens (including phenoxy) is 3. The first kappa shape index (κ1) is 62.9. The molecular formula is C59H110O6. The van der Waals surface area contributed by atoms with Gasteiger partial charge in [-0.15, -0.1) is 0 Å². The number of rotatable bonds is 53.